The first kappa shape index (κ1) is 13.2. The highest BCUT2D eigenvalue weighted by Gasteiger charge is 2.32. The van der Waals surface area contributed by atoms with Crippen LogP contribution in [0.15, 0.2) is 18.2 Å². The number of carboxylic acids is 1. The van der Waals surface area contributed by atoms with Crippen molar-refractivity contribution in [2.75, 3.05) is 13.1 Å². The molecule has 96 valence electrons. The molecule has 1 aliphatic rings. The third-order valence-electron chi connectivity index (χ3n) is 3.01. The number of carbonyl (C=O) groups excluding carboxylic acids is 1. The quantitative estimate of drug-likeness (QED) is 0.909. The summed E-state index contributed by atoms with van der Waals surface area (Å²) in [5, 5.41) is 9.42. The van der Waals surface area contributed by atoms with Crippen molar-refractivity contribution >= 4 is 35.1 Å². The Morgan fingerprint density at radius 2 is 2.06 bits per heavy atom. The first-order chi connectivity index (χ1) is 8.50. The maximum absolute atomic E-state index is 12.2. The average molecular weight is 288 g/mol. The molecular weight excluding hydrogens is 277 g/mol. The van der Waals surface area contributed by atoms with E-state index in [-0.39, 0.29) is 17.5 Å². The van der Waals surface area contributed by atoms with Gasteiger partial charge in [0.1, 0.15) is 0 Å². The highest BCUT2D eigenvalue weighted by molar-refractivity contribution is 6.43. The molecule has 1 fully saturated rings. The van der Waals surface area contributed by atoms with Crippen LogP contribution < -0.4 is 0 Å². The minimum absolute atomic E-state index is 0.211. The lowest BCUT2D eigenvalue weighted by Gasteiger charge is -2.16. The number of carboxylic acid groups (broad SMARTS) is 1. The zero-order chi connectivity index (χ0) is 13.3. The predicted octanol–water partition coefficient (Wildman–Crippen LogP) is 2.54. The summed E-state index contributed by atoms with van der Waals surface area (Å²) < 4.78 is 0. The van der Waals surface area contributed by atoms with Gasteiger partial charge >= 0.3 is 5.97 Å². The molecule has 1 aromatic carbocycles. The Balaban J connectivity index is 2.18. The summed E-state index contributed by atoms with van der Waals surface area (Å²) in [6.45, 7) is 0.648. The minimum Gasteiger partial charge on any atom is -0.481 e. The Labute approximate surface area is 114 Å². The molecule has 6 heteroatoms. The van der Waals surface area contributed by atoms with Crippen molar-refractivity contribution in [3.63, 3.8) is 0 Å². The molecule has 0 radical (unpaired) electrons. The number of likely N-dealkylation sites (tertiary alicyclic amines) is 1. The largest absolute Gasteiger partial charge is 0.481 e. The fraction of sp³-hybridized carbons (Fsp3) is 0.333. The zero-order valence-electron chi connectivity index (χ0n) is 9.40. The number of aliphatic carboxylic acids is 1. The van der Waals surface area contributed by atoms with Crippen LogP contribution in [0.3, 0.4) is 0 Å². The van der Waals surface area contributed by atoms with Crippen LogP contribution in [-0.4, -0.2) is 35.0 Å². The van der Waals surface area contributed by atoms with Crippen molar-refractivity contribution in [1.82, 2.24) is 4.90 Å². The summed E-state index contributed by atoms with van der Waals surface area (Å²) in [5.74, 6) is -1.64. The summed E-state index contributed by atoms with van der Waals surface area (Å²) in [4.78, 5) is 24.5. The van der Waals surface area contributed by atoms with Gasteiger partial charge in [0.2, 0.25) is 0 Å². The number of amides is 1. The van der Waals surface area contributed by atoms with Crippen LogP contribution in [0.2, 0.25) is 10.0 Å². The highest BCUT2D eigenvalue weighted by Crippen LogP contribution is 2.28. The summed E-state index contributed by atoms with van der Waals surface area (Å²) in [6.07, 6.45) is 0.471. The molecule has 1 N–H and O–H groups in total. The van der Waals surface area contributed by atoms with Crippen molar-refractivity contribution in [2.45, 2.75) is 6.42 Å². The van der Waals surface area contributed by atoms with E-state index in [0.29, 0.717) is 23.6 Å². The van der Waals surface area contributed by atoms with E-state index in [9.17, 15) is 9.59 Å². The third-order valence-corrected chi connectivity index (χ3v) is 3.83. The molecule has 1 heterocycles. The van der Waals surface area contributed by atoms with Crippen molar-refractivity contribution in [2.24, 2.45) is 5.92 Å². The van der Waals surface area contributed by atoms with Gasteiger partial charge in [0, 0.05) is 13.1 Å². The molecule has 1 amide bonds. The highest BCUT2D eigenvalue weighted by atomic mass is 35.5. The lowest BCUT2D eigenvalue weighted by Crippen LogP contribution is -2.30. The number of nitrogens with zero attached hydrogens (tertiary/aromatic N) is 1. The molecule has 2 rings (SSSR count). The van der Waals surface area contributed by atoms with Crippen molar-refractivity contribution in [3.8, 4) is 0 Å². The monoisotopic (exact) mass is 287 g/mol. The van der Waals surface area contributed by atoms with Gasteiger partial charge < -0.3 is 10.0 Å². The molecule has 1 saturated heterocycles. The lowest BCUT2D eigenvalue weighted by atomic mass is 10.1. The van der Waals surface area contributed by atoms with Gasteiger partial charge in [0.15, 0.2) is 0 Å². The molecule has 18 heavy (non-hydrogen) atoms. The first-order valence-corrected chi connectivity index (χ1v) is 6.22. The standard InChI is InChI=1S/C12H11Cl2NO3/c13-9-3-1-2-8(10(9)14)11(16)15-5-4-7(6-15)12(17)18/h1-3,7H,4-6H2,(H,17,18). The van der Waals surface area contributed by atoms with Crippen LogP contribution in [0, 0.1) is 5.92 Å². The SMILES string of the molecule is O=C(O)C1CCN(C(=O)c2cccc(Cl)c2Cl)C1. The number of rotatable bonds is 2. The summed E-state index contributed by atoms with van der Waals surface area (Å²) in [7, 11) is 0. The smallest absolute Gasteiger partial charge is 0.308 e. The molecule has 1 atom stereocenters. The fourth-order valence-corrected chi connectivity index (χ4v) is 2.37. The summed E-state index contributed by atoms with van der Waals surface area (Å²) in [6, 6.07) is 4.83. The molecule has 0 aliphatic carbocycles. The topological polar surface area (TPSA) is 57.6 Å². The maximum atomic E-state index is 12.2. The molecule has 1 aromatic rings. The summed E-state index contributed by atoms with van der Waals surface area (Å²) in [5.41, 5.74) is 0.315. The normalized spacial score (nSPS) is 19.0. The van der Waals surface area contributed by atoms with E-state index in [1.54, 1.807) is 18.2 Å². The van der Waals surface area contributed by atoms with Crippen LogP contribution in [0.4, 0.5) is 0 Å². The Hall–Kier alpha value is -1.26. The van der Waals surface area contributed by atoms with Gasteiger partial charge in [-0.1, -0.05) is 29.3 Å². The van der Waals surface area contributed by atoms with Gasteiger partial charge in [-0.25, -0.2) is 0 Å². The van der Waals surface area contributed by atoms with Gasteiger partial charge in [-0.2, -0.15) is 0 Å². The number of halogens is 2. The van der Waals surface area contributed by atoms with E-state index < -0.39 is 11.9 Å². The second kappa shape index (κ2) is 5.16. The van der Waals surface area contributed by atoms with Gasteiger partial charge in [-0.05, 0) is 18.6 Å². The van der Waals surface area contributed by atoms with Crippen LogP contribution in [0.1, 0.15) is 16.8 Å². The van der Waals surface area contributed by atoms with Crippen LogP contribution in [0.25, 0.3) is 0 Å². The molecule has 0 saturated carbocycles. The Morgan fingerprint density at radius 1 is 1.33 bits per heavy atom. The molecular formula is C12H11Cl2NO3. The number of carbonyl (C=O) groups is 2. The van der Waals surface area contributed by atoms with E-state index >= 15 is 0 Å². The second-order valence-corrected chi connectivity index (χ2v) is 4.96. The van der Waals surface area contributed by atoms with E-state index in [1.165, 1.54) is 4.90 Å². The molecule has 0 aromatic heterocycles. The lowest BCUT2D eigenvalue weighted by molar-refractivity contribution is -0.141. The van der Waals surface area contributed by atoms with Crippen molar-refractivity contribution < 1.29 is 14.7 Å². The van der Waals surface area contributed by atoms with Gasteiger partial charge in [0.25, 0.3) is 5.91 Å². The second-order valence-electron chi connectivity index (χ2n) is 4.18. The Bertz CT molecular complexity index is 504. The van der Waals surface area contributed by atoms with E-state index in [1.807, 2.05) is 0 Å². The molecule has 1 unspecified atom stereocenters. The van der Waals surface area contributed by atoms with Crippen LogP contribution >= 0.6 is 23.2 Å². The van der Waals surface area contributed by atoms with Gasteiger partial charge in [-0.3, -0.25) is 9.59 Å². The molecule has 1 aliphatic heterocycles. The van der Waals surface area contributed by atoms with Crippen molar-refractivity contribution in [1.29, 1.82) is 0 Å². The third kappa shape index (κ3) is 2.44. The van der Waals surface area contributed by atoms with Crippen molar-refractivity contribution in [3.05, 3.63) is 33.8 Å². The minimum atomic E-state index is -0.873. The van der Waals surface area contributed by atoms with E-state index in [0.717, 1.165) is 0 Å². The number of hydrogen-bond donors (Lipinski definition) is 1. The maximum Gasteiger partial charge on any atom is 0.308 e. The first-order valence-electron chi connectivity index (χ1n) is 5.47. The Morgan fingerprint density at radius 3 is 2.67 bits per heavy atom. The van der Waals surface area contributed by atoms with Gasteiger partial charge in [0.05, 0.1) is 21.5 Å². The number of benzene rings is 1. The van der Waals surface area contributed by atoms with E-state index in [2.05, 4.69) is 0 Å². The summed E-state index contributed by atoms with van der Waals surface area (Å²) >= 11 is 11.8. The predicted molar refractivity (Wildman–Crippen MR) is 68.1 cm³/mol. The number of hydrogen-bond acceptors (Lipinski definition) is 2. The van der Waals surface area contributed by atoms with E-state index in [4.69, 9.17) is 28.3 Å². The van der Waals surface area contributed by atoms with Gasteiger partial charge in [-0.15, -0.1) is 0 Å². The Kier molecular flexibility index (Phi) is 3.78. The molecule has 4 nitrogen and oxygen atoms in total. The van der Waals surface area contributed by atoms with Crippen LogP contribution in [0.5, 0.6) is 0 Å². The van der Waals surface area contributed by atoms with Crippen LogP contribution in [-0.2, 0) is 4.79 Å². The molecule has 0 spiro atoms. The molecule has 0 bridgehead atoms. The average Bonchev–Trinajstić information content (AvgIpc) is 2.81. The zero-order valence-corrected chi connectivity index (χ0v) is 10.9. The fourth-order valence-electron chi connectivity index (χ4n) is 1.99.